The third-order valence-corrected chi connectivity index (χ3v) is 2.88. The molecule has 6 nitrogen and oxygen atoms in total. The fourth-order valence-electron chi connectivity index (χ4n) is 1.64. The van der Waals surface area contributed by atoms with Gasteiger partial charge < -0.3 is 15.7 Å². The molecule has 0 saturated carbocycles. The number of carbonyl (C=O) groups is 3. The number of halogens is 1. The van der Waals surface area contributed by atoms with Crippen LogP contribution in [0.2, 0.25) is 0 Å². The van der Waals surface area contributed by atoms with Crippen molar-refractivity contribution in [3.05, 3.63) is 29.6 Å². The molecule has 0 aliphatic rings. The van der Waals surface area contributed by atoms with Crippen molar-refractivity contribution in [2.75, 3.05) is 11.9 Å². The highest BCUT2D eigenvalue weighted by atomic mass is 19.1. The van der Waals surface area contributed by atoms with E-state index in [0.29, 0.717) is 18.8 Å². The summed E-state index contributed by atoms with van der Waals surface area (Å²) >= 11 is 0. The van der Waals surface area contributed by atoms with E-state index < -0.39 is 17.7 Å². The lowest BCUT2D eigenvalue weighted by Crippen LogP contribution is -2.33. The first-order chi connectivity index (χ1) is 10.3. The van der Waals surface area contributed by atoms with Gasteiger partial charge in [-0.25, -0.2) is 9.18 Å². The molecule has 0 bridgehead atoms. The SMILES string of the molecule is CC(C)CCC(=O)NCC(=O)Nc1cc(C(=O)O)ccc1F. The normalized spacial score (nSPS) is 10.4. The van der Waals surface area contributed by atoms with E-state index >= 15 is 0 Å². The van der Waals surface area contributed by atoms with Crippen molar-refractivity contribution in [3.8, 4) is 0 Å². The first-order valence-corrected chi connectivity index (χ1v) is 6.89. The minimum Gasteiger partial charge on any atom is -0.478 e. The molecule has 0 aromatic heterocycles. The summed E-state index contributed by atoms with van der Waals surface area (Å²) in [5.74, 6) is -2.47. The minimum absolute atomic E-state index is 0.141. The Kier molecular flexibility index (Phi) is 6.49. The number of carbonyl (C=O) groups excluding carboxylic acids is 2. The van der Waals surface area contributed by atoms with Crippen molar-refractivity contribution in [2.45, 2.75) is 26.7 Å². The van der Waals surface area contributed by atoms with Gasteiger partial charge in [0.1, 0.15) is 5.82 Å². The number of carboxylic acids is 1. The predicted molar refractivity (Wildman–Crippen MR) is 79.1 cm³/mol. The van der Waals surface area contributed by atoms with E-state index in [-0.39, 0.29) is 23.7 Å². The molecule has 0 spiro atoms. The van der Waals surface area contributed by atoms with Crippen LogP contribution in [-0.4, -0.2) is 29.4 Å². The van der Waals surface area contributed by atoms with E-state index in [2.05, 4.69) is 10.6 Å². The monoisotopic (exact) mass is 310 g/mol. The van der Waals surface area contributed by atoms with Crippen molar-refractivity contribution >= 4 is 23.5 Å². The topological polar surface area (TPSA) is 95.5 Å². The van der Waals surface area contributed by atoms with E-state index in [1.807, 2.05) is 13.8 Å². The maximum absolute atomic E-state index is 13.5. The summed E-state index contributed by atoms with van der Waals surface area (Å²) in [5.41, 5.74) is -0.376. The van der Waals surface area contributed by atoms with Crippen molar-refractivity contribution in [1.29, 1.82) is 0 Å². The van der Waals surface area contributed by atoms with Crippen LogP contribution in [0.5, 0.6) is 0 Å². The number of amides is 2. The standard InChI is InChI=1S/C15H19FN2O4/c1-9(2)3-6-13(19)17-8-14(20)18-12-7-10(15(21)22)4-5-11(12)16/h4-5,7,9H,3,6,8H2,1-2H3,(H,17,19)(H,18,20)(H,21,22). The van der Waals surface area contributed by atoms with Gasteiger partial charge in [0.2, 0.25) is 11.8 Å². The second-order valence-electron chi connectivity index (χ2n) is 5.26. The number of anilines is 1. The zero-order chi connectivity index (χ0) is 16.7. The molecule has 0 radical (unpaired) electrons. The predicted octanol–water partition coefficient (Wildman–Crippen LogP) is 2.01. The van der Waals surface area contributed by atoms with E-state index in [9.17, 15) is 18.8 Å². The Morgan fingerprint density at radius 2 is 1.91 bits per heavy atom. The molecule has 1 aromatic rings. The molecule has 120 valence electrons. The van der Waals surface area contributed by atoms with Crippen LogP contribution < -0.4 is 10.6 Å². The van der Waals surface area contributed by atoms with Crippen LogP contribution in [0.15, 0.2) is 18.2 Å². The first-order valence-electron chi connectivity index (χ1n) is 6.89. The Morgan fingerprint density at radius 3 is 2.50 bits per heavy atom. The molecule has 1 rings (SSSR count). The fourth-order valence-corrected chi connectivity index (χ4v) is 1.64. The molecule has 0 aliphatic carbocycles. The second kappa shape index (κ2) is 8.11. The van der Waals surface area contributed by atoms with E-state index in [4.69, 9.17) is 5.11 Å². The van der Waals surface area contributed by atoms with Crippen LogP contribution in [0.1, 0.15) is 37.0 Å². The lowest BCUT2D eigenvalue weighted by molar-refractivity contribution is -0.124. The number of aromatic carboxylic acids is 1. The average molecular weight is 310 g/mol. The van der Waals surface area contributed by atoms with Gasteiger partial charge in [-0.05, 0) is 30.5 Å². The third-order valence-electron chi connectivity index (χ3n) is 2.88. The molecule has 0 saturated heterocycles. The summed E-state index contributed by atoms with van der Waals surface area (Å²) in [7, 11) is 0. The molecule has 0 unspecified atom stereocenters. The summed E-state index contributed by atoms with van der Waals surface area (Å²) in [6.45, 7) is 3.67. The van der Waals surface area contributed by atoms with Gasteiger partial charge in [0, 0.05) is 6.42 Å². The highest BCUT2D eigenvalue weighted by molar-refractivity contribution is 5.96. The van der Waals surface area contributed by atoms with Crippen LogP contribution >= 0.6 is 0 Å². The molecule has 0 heterocycles. The number of rotatable bonds is 7. The van der Waals surface area contributed by atoms with E-state index in [1.165, 1.54) is 0 Å². The number of hydrogen-bond donors (Lipinski definition) is 3. The van der Waals surface area contributed by atoms with Crippen molar-refractivity contribution < 1.29 is 23.9 Å². The number of hydrogen-bond acceptors (Lipinski definition) is 3. The summed E-state index contributed by atoms with van der Waals surface area (Å²) in [6.07, 6.45) is 1.02. The molecule has 7 heteroatoms. The summed E-state index contributed by atoms with van der Waals surface area (Å²) in [4.78, 5) is 33.9. The van der Waals surface area contributed by atoms with Crippen LogP contribution in [-0.2, 0) is 9.59 Å². The van der Waals surface area contributed by atoms with E-state index in [0.717, 1.165) is 18.2 Å². The van der Waals surface area contributed by atoms with Crippen LogP contribution in [0.3, 0.4) is 0 Å². The van der Waals surface area contributed by atoms with Crippen molar-refractivity contribution in [3.63, 3.8) is 0 Å². The highest BCUT2D eigenvalue weighted by Crippen LogP contribution is 2.16. The fraction of sp³-hybridized carbons (Fsp3) is 0.400. The van der Waals surface area contributed by atoms with Gasteiger partial charge >= 0.3 is 5.97 Å². The largest absolute Gasteiger partial charge is 0.478 e. The Bertz CT molecular complexity index is 573. The molecule has 0 aliphatic heterocycles. The number of nitrogens with one attached hydrogen (secondary N) is 2. The number of carboxylic acid groups (broad SMARTS) is 1. The van der Waals surface area contributed by atoms with Crippen LogP contribution in [0, 0.1) is 11.7 Å². The van der Waals surface area contributed by atoms with Crippen LogP contribution in [0.4, 0.5) is 10.1 Å². The van der Waals surface area contributed by atoms with Crippen molar-refractivity contribution in [1.82, 2.24) is 5.32 Å². The number of benzene rings is 1. The molecule has 0 fully saturated rings. The van der Waals surface area contributed by atoms with Gasteiger partial charge in [-0.3, -0.25) is 9.59 Å². The van der Waals surface area contributed by atoms with Gasteiger partial charge in [0.25, 0.3) is 0 Å². The molecule has 0 atom stereocenters. The highest BCUT2D eigenvalue weighted by Gasteiger charge is 2.12. The Labute approximate surface area is 127 Å². The summed E-state index contributed by atoms with van der Waals surface area (Å²) < 4.78 is 13.5. The maximum atomic E-state index is 13.5. The maximum Gasteiger partial charge on any atom is 0.335 e. The van der Waals surface area contributed by atoms with Gasteiger partial charge in [0.05, 0.1) is 17.8 Å². The zero-order valence-electron chi connectivity index (χ0n) is 12.5. The Hall–Kier alpha value is -2.44. The molecular weight excluding hydrogens is 291 g/mol. The van der Waals surface area contributed by atoms with Crippen LogP contribution in [0.25, 0.3) is 0 Å². The molecule has 2 amide bonds. The first kappa shape index (κ1) is 17.6. The Balaban J connectivity index is 2.53. The molecule has 3 N–H and O–H groups in total. The Morgan fingerprint density at radius 1 is 1.23 bits per heavy atom. The average Bonchev–Trinajstić information content (AvgIpc) is 2.45. The minimum atomic E-state index is -1.22. The second-order valence-corrected chi connectivity index (χ2v) is 5.26. The summed E-state index contributed by atoms with van der Waals surface area (Å²) in [6, 6.07) is 3.08. The lowest BCUT2D eigenvalue weighted by atomic mass is 10.1. The molecule has 1 aromatic carbocycles. The van der Waals surface area contributed by atoms with Gasteiger partial charge in [-0.2, -0.15) is 0 Å². The quantitative estimate of drug-likeness (QED) is 0.718. The third kappa shape index (κ3) is 5.90. The van der Waals surface area contributed by atoms with Crippen molar-refractivity contribution in [2.24, 2.45) is 5.92 Å². The zero-order valence-corrected chi connectivity index (χ0v) is 12.5. The van der Waals surface area contributed by atoms with Gasteiger partial charge in [-0.1, -0.05) is 13.8 Å². The van der Waals surface area contributed by atoms with E-state index in [1.54, 1.807) is 0 Å². The summed E-state index contributed by atoms with van der Waals surface area (Å²) in [5, 5.41) is 13.5. The molecule has 22 heavy (non-hydrogen) atoms. The van der Waals surface area contributed by atoms with Gasteiger partial charge in [0.15, 0.2) is 0 Å². The van der Waals surface area contributed by atoms with Gasteiger partial charge in [-0.15, -0.1) is 0 Å². The lowest BCUT2D eigenvalue weighted by Gasteiger charge is -2.09. The molecular formula is C15H19FN2O4. The smallest absolute Gasteiger partial charge is 0.335 e.